The SMILES string of the molecule is Cl.O=C(C1CNC1)N1CCSCC1. The summed E-state index contributed by atoms with van der Waals surface area (Å²) in [5.41, 5.74) is 0. The van der Waals surface area contributed by atoms with Crippen LogP contribution in [0.3, 0.4) is 0 Å². The highest BCUT2D eigenvalue weighted by molar-refractivity contribution is 7.99. The van der Waals surface area contributed by atoms with E-state index in [1.54, 1.807) is 0 Å². The average molecular weight is 223 g/mol. The van der Waals surface area contributed by atoms with E-state index in [-0.39, 0.29) is 18.3 Å². The lowest BCUT2D eigenvalue weighted by atomic mass is 10.0. The van der Waals surface area contributed by atoms with Crippen LogP contribution in [0.5, 0.6) is 0 Å². The van der Waals surface area contributed by atoms with Crippen molar-refractivity contribution < 1.29 is 4.79 Å². The summed E-state index contributed by atoms with van der Waals surface area (Å²) in [7, 11) is 0. The van der Waals surface area contributed by atoms with E-state index in [1.807, 2.05) is 16.7 Å². The molecule has 2 rings (SSSR count). The molecule has 1 N–H and O–H groups in total. The van der Waals surface area contributed by atoms with Crippen molar-refractivity contribution in [3.05, 3.63) is 0 Å². The fourth-order valence-corrected chi connectivity index (χ4v) is 2.41. The summed E-state index contributed by atoms with van der Waals surface area (Å²) in [5.74, 6) is 2.89. The summed E-state index contributed by atoms with van der Waals surface area (Å²) < 4.78 is 0. The predicted molar refractivity (Wildman–Crippen MR) is 57.5 cm³/mol. The van der Waals surface area contributed by atoms with E-state index < -0.39 is 0 Å². The minimum atomic E-state index is 0. The maximum atomic E-state index is 11.7. The van der Waals surface area contributed by atoms with Crippen LogP contribution in [0.1, 0.15) is 0 Å². The van der Waals surface area contributed by atoms with Gasteiger partial charge >= 0.3 is 0 Å². The molecule has 2 aliphatic rings. The van der Waals surface area contributed by atoms with Gasteiger partial charge in [-0.25, -0.2) is 0 Å². The van der Waals surface area contributed by atoms with Crippen LogP contribution in [-0.2, 0) is 4.79 Å². The number of carbonyl (C=O) groups is 1. The number of nitrogens with one attached hydrogen (secondary N) is 1. The maximum absolute atomic E-state index is 11.7. The molecule has 76 valence electrons. The van der Waals surface area contributed by atoms with Crippen LogP contribution in [0, 0.1) is 5.92 Å². The topological polar surface area (TPSA) is 32.3 Å². The first-order valence-corrected chi connectivity index (χ1v) is 5.60. The van der Waals surface area contributed by atoms with Crippen LogP contribution in [-0.4, -0.2) is 48.5 Å². The molecule has 3 nitrogen and oxygen atoms in total. The standard InChI is InChI=1S/C8H14N2OS.ClH/c11-8(7-5-9-6-7)10-1-3-12-4-2-10;/h7,9H,1-6H2;1H. The molecule has 0 aromatic rings. The van der Waals surface area contributed by atoms with Gasteiger partial charge in [-0.1, -0.05) is 0 Å². The lowest BCUT2D eigenvalue weighted by Gasteiger charge is -2.34. The third-order valence-corrected chi connectivity index (χ3v) is 3.40. The zero-order valence-corrected chi connectivity index (χ0v) is 9.12. The summed E-state index contributed by atoms with van der Waals surface area (Å²) in [6.07, 6.45) is 0. The number of halogens is 1. The summed E-state index contributed by atoms with van der Waals surface area (Å²) in [6, 6.07) is 0. The van der Waals surface area contributed by atoms with Gasteiger partial charge in [0.1, 0.15) is 0 Å². The van der Waals surface area contributed by atoms with Crippen LogP contribution in [0.2, 0.25) is 0 Å². The summed E-state index contributed by atoms with van der Waals surface area (Å²) in [5, 5.41) is 3.13. The van der Waals surface area contributed by atoms with Crippen LogP contribution >= 0.6 is 24.2 Å². The van der Waals surface area contributed by atoms with Crippen molar-refractivity contribution in [1.82, 2.24) is 10.2 Å². The Morgan fingerprint density at radius 2 is 1.92 bits per heavy atom. The third kappa shape index (κ3) is 2.51. The Morgan fingerprint density at radius 1 is 1.31 bits per heavy atom. The van der Waals surface area contributed by atoms with Crippen molar-refractivity contribution in [3.8, 4) is 0 Å². The Bertz CT molecular complexity index is 181. The van der Waals surface area contributed by atoms with Crippen molar-refractivity contribution >= 4 is 30.1 Å². The van der Waals surface area contributed by atoms with E-state index in [1.165, 1.54) is 0 Å². The summed E-state index contributed by atoms with van der Waals surface area (Å²) >= 11 is 1.94. The van der Waals surface area contributed by atoms with Gasteiger partial charge in [0.25, 0.3) is 0 Å². The monoisotopic (exact) mass is 222 g/mol. The van der Waals surface area contributed by atoms with Gasteiger partial charge in [-0.15, -0.1) is 12.4 Å². The predicted octanol–water partition coefficient (Wildman–Crippen LogP) is 0.203. The molecule has 0 aliphatic carbocycles. The fourth-order valence-electron chi connectivity index (χ4n) is 1.51. The largest absolute Gasteiger partial charge is 0.341 e. The Labute approximate surface area is 89.0 Å². The molecule has 0 aromatic heterocycles. The molecule has 5 heteroatoms. The Kier molecular flexibility index (Phi) is 4.35. The van der Waals surface area contributed by atoms with Gasteiger partial charge in [-0.3, -0.25) is 4.79 Å². The first-order valence-electron chi connectivity index (χ1n) is 4.45. The number of thioether (sulfide) groups is 1. The minimum Gasteiger partial charge on any atom is -0.341 e. The van der Waals surface area contributed by atoms with Gasteiger partial charge in [-0.05, 0) is 0 Å². The van der Waals surface area contributed by atoms with Gasteiger partial charge in [0.2, 0.25) is 5.91 Å². The molecule has 0 unspecified atom stereocenters. The van der Waals surface area contributed by atoms with Gasteiger partial charge in [0.15, 0.2) is 0 Å². The van der Waals surface area contributed by atoms with E-state index in [0.29, 0.717) is 5.91 Å². The number of hydrogen-bond donors (Lipinski definition) is 1. The van der Waals surface area contributed by atoms with E-state index in [0.717, 1.165) is 37.7 Å². The number of amides is 1. The van der Waals surface area contributed by atoms with Crippen molar-refractivity contribution in [2.24, 2.45) is 5.92 Å². The molecule has 13 heavy (non-hydrogen) atoms. The zero-order valence-electron chi connectivity index (χ0n) is 7.49. The van der Waals surface area contributed by atoms with Gasteiger partial charge in [-0.2, -0.15) is 11.8 Å². The lowest BCUT2D eigenvalue weighted by molar-refractivity contribution is -0.136. The molecule has 0 aromatic carbocycles. The van der Waals surface area contributed by atoms with Crippen LogP contribution in [0.25, 0.3) is 0 Å². The van der Waals surface area contributed by atoms with Gasteiger partial charge in [0.05, 0.1) is 5.92 Å². The number of rotatable bonds is 1. The molecule has 2 saturated heterocycles. The molecule has 0 spiro atoms. The van der Waals surface area contributed by atoms with Crippen LogP contribution in [0.15, 0.2) is 0 Å². The van der Waals surface area contributed by atoms with E-state index in [9.17, 15) is 4.79 Å². The molecular weight excluding hydrogens is 208 g/mol. The van der Waals surface area contributed by atoms with Crippen molar-refractivity contribution in [2.45, 2.75) is 0 Å². The third-order valence-electron chi connectivity index (χ3n) is 2.45. The fraction of sp³-hybridized carbons (Fsp3) is 0.875. The van der Waals surface area contributed by atoms with E-state index in [2.05, 4.69) is 5.32 Å². The highest BCUT2D eigenvalue weighted by Gasteiger charge is 2.29. The smallest absolute Gasteiger partial charge is 0.228 e. The zero-order chi connectivity index (χ0) is 8.39. The molecule has 1 amide bonds. The van der Waals surface area contributed by atoms with E-state index >= 15 is 0 Å². The molecular formula is C8H15ClN2OS. The lowest BCUT2D eigenvalue weighted by Crippen LogP contribution is -2.53. The van der Waals surface area contributed by atoms with Gasteiger partial charge in [0, 0.05) is 37.7 Å². The molecule has 2 fully saturated rings. The average Bonchev–Trinajstić information content (AvgIpc) is 2.03. The minimum absolute atomic E-state index is 0. The van der Waals surface area contributed by atoms with Crippen molar-refractivity contribution in [1.29, 1.82) is 0 Å². The normalized spacial score (nSPS) is 23.2. The molecule has 2 aliphatic heterocycles. The first-order chi connectivity index (χ1) is 5.88. The quantitative estimate of drug-likeness (QED) is 0.688. The second kappa shape index (κ2) is 5.08. The van der Waals surface area contributed by atoms with E-state index in [4.69, 9.17) is 0 Å². The summed E-state index contributed by atoms with van der Waals surface area (Å²) in [4.78, 5) is 13.7. The number of carbonyl (C=O) groups excluding carboxylic acids is 1. The Morgan fingerprint density at radius 3 is 2.38 bits per heavy atom. The second-order valence-electron chi connectivity index (χ2n) is 3.29. The highest BCUT2D eigenvalue weighted by atomic mass is 35.5. The molecule has 0 atom stereocenters. The Balaban J connectivity index is 0.000000845. The molecule has 0 saturated carbocycles. The van der Waals surface area contributed by atoms with Crippen molar-refractivity contribution in [3.63, 3.8) is 0 Å². The maximum Gasteiger partial charge on any atom is 0.228 e. The molecule has 2 heterocycles. The highest BCUT2D eigenvalue weighted by Crippen LogP contribution is 2.14. The Hall–Kier alpha value is 0.0700. The number of nitrogens with zero attached hydrogens (tertiary/aromatic N) is 1. The second-order valence-corrected chi connectivity index (χ2v) is 4.52. The van der Waals surface area contributed by atoms with Crippen LogP contribution in [0.4, 0.5) is 0 Å². The van der Waals surface area contributed by atoms with Gasteiger partial charge < -0.3 is 10.2 Å². The first kappa shape index (κ1) is 11.1. The summed E-state index contributed by atoms with van der Waals surface area (Å²) in [6.45, 7) is 3.70. The van der Waals surface area contributed by atoms with Crippen molar-refractivity contribution in [2.75, 3.05) is 37.7 Å². The molecule has 0 radical (unpaired) electrons. The number of hydrogen-bond acceptors (Lipinski definition) is 3. The molecule has 0 bridgehead atoms. The van der Waals surface area contributed by atoms with Crippen LogP contribution < -0.4 is 5.32 Å².